The Balaban J connectivity index is 1.58. The van der Waals surface area contributed by atoms with Gasteiger partial charge in [0.2, 0.25) is 0 Å². The fourth-order valence-electron chi connectivity index (χ4n) is 3.43. The molecule has 4 nitrogen and oxygen atoms in total. The van der Waals surface area contributed by atoms with E-state index in [2.05, 4.69) is 41.1 Å². The van der Waals surface area contributed by atoms with E-state index in [-0.39, 0.29) is 11.9 Å². The molecule has 1 N–H and O–H groups in total. The SMILES string of the molecule is CC(NC(=O)c1ccc(N2CCN(C(C)C)CC2)cc1)c1ccccc1. The normalized spacial score (nSPS) is 16.5. The highest BCUT2D eigenvalue weighted by molar-refractivity contribution is 5.94. The lowest BCUT2D eigenvalue weighted by atomic mass is 10.1. The van der Waals surface area contributed by atoms with Crippen LogP contribution in [0.15, 0.2) is 54.6 Å². The Hall–Kier alpha value is -2.33. The number of amides is 1. The van der Waals surface area contributed by atoms with Crippen molar-refractivity contribution in [1.82, 2.24) is 10.2 Å². The monoisotopic (exact) mass is 351 g/mol. The minimum absolute atomic E-state index is 0.00696. The van der Waals surface area contributed by atoms with Crippen molar-refractivity contribution < 1.29 is 4.79 Å². The van der Waals surface area contributed by atoms with Crippen LogP contribution >= 0.6 is 0 Å². The molecule has 1 aliphatic heterocycles. The molecule has 1 fully saturated rings. The summed E-state index contributed by atoms with van der Waals surface area (Å²) < 4.78 is 0. The van der Waals surface area contributed by atoms with E-state index in [0.29, 0.717) is 11.6 Å². The first-order valence-corrected chi connectivity index (χ1v) is 9.49. The zero-order valence-corrected chi connectivity index (χ0v) is 16.0. The largest absolute Gasteiger partial charge is 0.369 e. The molecule has 0 aliphatic carbocycles. The van der Waals surface area contributed by atoms with Crippen LogP contribution in [-0.2, 0) is 0 Å². The first-order valence-electron chi connectivity index (χ1n) is 9.49. The highest BCUT2D eigenvalue weighted by atomic mass is 16.1. The summed E-state index contributed by atoms with van der Waals surface area (Å²) in [6, 6.07) is 18.6. The summed E-state index contributed by atoms with van der Waals surface area (Å²) in [5.74, 6) is -0.0301. The third-order valence-corrected chi connectivity index (χ3v) is 5.19. The average molecular weight is 351 g/mol. The fraction of sp³-hybridized carbons (Fsp3) is 0.409. The predicted octanol–water partition coefficient (Wildman–Crippen LogP) is 3.71. The van der Waals surface area contributed by atoms with Gasteiger partial charge in [-0.1, -0.05) is 30.3 Å². The quantitative estimate of drug-likeness (QED) is 0.892. The van der Waals surface area contributed by atoms with Gasteiger partial charge in [0.15, 0.2) is 0 Å². The minimum atomic E-state index is -0.0301. The Labute approximate surface area is 156 Å². The molecule has 2 aromatic rings. The molecule has 0 spiro atoms. The van der Waals surface area contributed by atoms with Gasteiger partial charge in [-0.3, -0.25) is 9.69 Å². The van der Waals surface area contributed by atoms with Crippen LogP contribution in [0.25, 0.3) is 0 Å². The summed E-state index contributed by atoms with van der Waals surface area (Å²) in [7, 11) is 0. The van der Waals surface area contributed by atoms with Gasteiger partial charge in [-0.2, -0.15) is 0 Å². The molecule has 0 bridgehead atoms. The molecule has 1 saturated heterocycles. The standard InChI is InChI=1S/C22H29N3O/c1-17(2)24-13-15-25(16-14-24)21-11-9-20(10-12-21)22(26)23-18(3)19-7-5-4-6-8-19/h4-12,17-18H,13-16H2,1-3H3,(H,23,26). The van der Waals surface area contributed by atoms with Crippen LogP contribution in [0.4, 0.5) is 5.69 Å². The molecule has 0 saturated carbocycles. The van der Waals surface area contributed by atoms with E-state index in [9.17, 15) is 4.79 Å². The molecule has 3 rings (SSSR count). The van der Waals surface area contributed by atoms with Gasteiger partial charge in [0.1, 0.15) is 0 Å². The lowest BCUT2D eigenvalue weighted by Crippen LogP contribution is -2.48. The number of piperazine rings is 1. The van der Waals surface area contributed by atoms with Crippen molar-refractivity contribution in [2.75, 3.05) is 31.1 Å². The van der Waals surface area contributed by atoms with E-state index >= 15 is 0 Å². The van der Waals surface area contributed by atoms with Crippen LogP contribution in [0.1, 0.15) is 42.7 Å². The Morgan fingerprint density at radius 1 is 0.885 bits per heavy atom. The molecular weight excluding hydrogens is 322 g/mol. The molecule has 1 amide bonds. The number of hydrogen-bond donors (Lipinski definition) is 1. The van der Waals surface area contributed by atoms with Gasteiger partial charge in [0.25, 0.3) is 5.91 Å². The van der Waals surface area contributed by atoms with Gasteiger partial charge in [0, 0.05) is 43.5 Å². The number of rotatable bonds is 5. The average Bonchev–Trinajstić information content (AvgIpc) is 2.69. The van der Waals surface area contributed by atoms with Crippen LogP contribution < -0.4 is 10.2 Å². The maximum atomic E-state index is 12.5. The fourth-order valence-corrected chi connectivity index (χ4v) is 3.43. The third-order valence-electron chi connectivity index (χ3n) is 5.19. The Morgan fingerprint density at radius 2 is 1.50 bits per heavy atom. The first-order chi connectivity index (χ1) is 12.5. The minimum Gasteiger partial charge on any atom is -0.369 e. The molecule has 138 valence electrons. The molecule has 1 atom stereocenters. The van der Waals surface area contributed by atoms with E-state index in [4.69, 9.17) is 0 Å². The van der Waals surface area contributed by atoms with Crippen LogP contribution in [0.3, 0.4) is 0 Å². The second kappa shape index (κ2) is 8.37. The third kappa shape index (κ3) is 4.44. The van der Waals surface area contributed by atoms with Gasteiger partial charge in [-0.15, -0.1) is 0 Å². The highest BCUT2D eigenvalue weighted by Gasteiger charge is 2.19. The number of anilines is 1. The molecule has 1 unspecified atom stereocenters. The molecule has 1 aliphatic rings. The molecule has 0 aromatic heterocycles. The zero-order valence-electron chi connectivity index (χ0n) is 16.0. The summed E-state index contributed by atoms with van der Waals surface area (Å²) in [6.45, 7) is 10.8. The lowest BCUT2D eigenvalue weighted by Gasteiger charge is -2.38. The summed E-state index contributed by atoms with van der Waals surface area (Å²) in [5, 5.41) is 3.07. The number of benzene rings is 2. The Kier molecular flexibility index (Phi) is 5.94. The maximum Gasteiger partial charge on any atom is 0.251 e. The molecule has 1 heterocycles. The number of nitrogens with one attached hydrogen (secondary N) is 1. The van der Waals surface area contributed by atoms with E-state index in [1.54, 1.807) is 0 Å². The summed E-state index contributed by atoms with van der Waals surface area (Å²) in [6.07, 6.45) is 0. The highest BCUT2D eigenvalue weighted by Crippen LogP contribution is 2.19. The second-order valence-electron chi connectivity index (χ2n) is 7.27. The number of nitrogens with zero attached hydrogens (tertiary/aromatic N) is 2. The summed E-state index contributed by atoms with van der Waals surface area (Å²) in [4.78, 5) is 17.4. The molecule has 0 radical (unpaired) electrons. The smallest absolute Gasteiger partial charge is 0.251 e. The maximum absolute atomic E-state index is 12.5. The van der Waals surface area contributed by atoms with E-state index in [1.807, 2.05) is 49.4 Å². The van der Waals surface area contributed by atoms with Gasteiger partial charge >= 0.3 is 0 Å². The van der Waals surface area contributed by atoms with Gasteiger partial charge < -0.3 is 10.2 Å². The van der Waals surface area contributed by atoms with Crippen molar-refractivity contribution in [3.8, 4) is 0 Å². The van der Waals surface area contributed by atoms with Crippen molar-refractivity contribution in [2.45, 2.75) is 32.9 Å². The van der Waals surface area contributed by atoms with Crippen molar-refractivity contribution >= 4 is 11.6 Å². The molecule has 26 heavy (non-hydrogen) atoms. The van der Waals surface area contributed by atoms with Crippen molar-refractivity contribution in [3.05, 3.63) is 65.7 Å². The van der Waals surface area contributed by atoms with Gasteiger partial charge in [-0.05, 0) is 50.6 Å². The lowest BCUT2D eigenvalue weighted by molar-refractivity contribution is 0.0940. The molecule has 4 heteroatoms. The second-order valence-corrected chi connectivity index (χ2v) is 7.27. The van der Waals surface area contributed by atoms with Crippen LogP contribution in [-0.4, -0.2) is 43.0 Å². The van der Waals surface area contributed by atoms with E-state index < -0.39 is 0 Å². The molecular formula is C22H29N3O. The zero-order chi connectivity index (χ0) is 18.5. The van der Waals surface area contributed by atoms with Crippen LogP contribution in [0.2, 0.25) is 0 Å². The number of carbonyl (C=O) groups is 1. The Bertz CT molecular complexity index is 704. The van der Waals surface area contributed by atoms with Crippen LogP contribution in [0.5, 0.6) is 0 Å². The summed E-state index contributed by atoms with van der Waals surface area (Å²) >= 11 is 0. The van der Waals surface area contributed by atoms with Crippen LogP contribution in [0, 0.1) is 0 Å². The topological polar surface area (TPSA) is 35.6 Å². The van der Waals surface area contributed by atoms with E-state index in [0.717, 1.165) is 31.7 Å². The first kappa shape index (κ1) is 18.5. The van der Waals surface area contributed by atoms with Crippen molar-refractivity contribution in [2.24, 2.45) is 0 Å². The van der Waals surface area contributed by atoms with Gasteiger partial charge in [-0.25, -0.2) is 0 Å². The van der Waals surface area contributed by atoms with Gasteiger partial charge in [0.05, 0.1) is 6.04 Å². The van der Waals surface area contributed by atoms with E-state index in [1.165, 1.54) is 5.69 Å². The Morgan fingerprint density at radius 3 is 2.08 bits per heavy atom. The van der Waals surface area contributed by atoms with Crippen molar-refractivity contribution in [1.29, 1.82) is 0 Å². The predicted molar refractivity (Wildman–Crippen MR) is 108 cm³/mol. The number of hydrogen-bond acceptors (Lipinski definition) is 3. The summed E-state index contributed by atoms with van der Waals surface area (Å²) in [5.41, 5.74) is 3.01. The van der Waals surface area contributed by atoms with Crippen molar-refractivity contribution in [3.63, 3.8) is 0 Å². The number of carbonyl (C=O) groups excluding carboxylic acids is 1. The molecule has 2 aromatic carbocycles.